The number of hydrogen-bond acceptors (Lipinski definition) is 5. The molecule has 1 aliphatic heterocycles. The highest BCUT2D eigenvalue weighted by atomic mass is 19.4. The van der Waals surface area contributed by atoms with Crippen molar-refractivity contribution in [2.75, 3.05) is 12.3 Å². The molecular weight excluding hydrogens is 297 g/mol. The second kappa shape index (κ2) is 4.79. The highest BCUT2D eigenvalue weighted by Gasteiger charge is 2.36. The summed E-state index contributed by atoms with van der Waals surface area (Å²) in [6.07, 6.45) is -2.10. The maximum absolute atomic E-state index is 12.8. The lowest BCUT2D eigenvalue weighted by Crippen LogP contribution is -2.12. The molecule has 0 spiro atoms. The first-order chi connectivity index (χ1) is 10.3. The Balaban J connectivity index is 2.19. The summed E-state index contributed by atoms with van der Waals surface area (Å²) in [6, 6.07) is -0.0291. The number of halogens is 3. The van der Waals surface area contributed by atoms with E-state index in [2.05, 4.69) is 20.1 Å². The van der Waals surface area contributed by atoms with Crippen LogP contribution in [0.5, 0.6) is 0 Å². The molecule has 2 aromatic heterocycles. The lowest BCUT2D eigenvalue weighted by molar-refractivity contribution is -0.0916. The first-order valence-corrected chi connectivity index (χ1v) is 6.60. The predicted octanol–water partition coefficient (Wildman–Crippen LogP) is 2.28. The molecule has 0 unspecified atom stereocenters. The van der Waals surface area contributed by atoms with E-state index in [9.17, 15) is 13.2 Å². The fourth-order valence-electron chi connectivity index (χ4n) is 2.28. The van der Waals surface area contributed by atoms with Crippen LogP contribution in [0.4, 0.5) is 19.0 Å². The topological polar surface area (TPSA) is 82.0 Å². The fraction of sp³-hybridized carbons (Fsp3) is 0.385. The number of nitrogens with zero attached hydrogens (tertiary/aromatic N) is 5. The van der Waals surface area contributed by atoms with E-state index in [1.165, 1.54) is 6.33 Å². The van der Waals surface area contributed by atoms with Gasteiger partial charge in [0.15, 0.2) is 5.65 Å². The van der Waals surface area contributed by atoms with E-state index in [-0.39, 0.29) is 23.3 Å². The highest BCUT2D eigenvalue weighted by Crippen LogP contribution is 2.31. The van der Waals surface area contributed by atoms with Crippen LogP contribution in [0, 0.1) is 0 Å². The number of alkyl halides is 3. The number of aliphatic imine (C=N–C) groups is 1. The van der Waals surface area contributed by atoms with Crippen LogP contribution in [-0.2, 0) is 0 Å². The molecule has 0 aromatic carbocycles. The molecule has 0 fully saturated rings. The molecule has 0 saturated heterocycles. The standard InChI is InChI=1S/C13H13F3N6/c1-6(2)22-12-9(11(17)19-5-20-12)10(21-22)8-3-7(4-18-8)13(14,15)16/h3,5-6H,4H2,1-2H3,(H2,17,19,20). The van der Waals surface area contributed by atoms with Gasteiger partial charge in [-0.2, -0.15) is 18.3 Å². The number of fused-ring (bicyclic) bond motifs is 1. The van der Waals surface area contributed by atoms with Gasteiger partial charge in [0.2, 0.25) is 0 Å². The largest absolute Gasteiger partial charge is 0.414 e. The predicted molar refractivity (Wildman–Crippen MR) is 75.7 cm³/mol. The van der Waals surface area contributed by atoms with Crippen molar-refractivity contribution in [1.29, 1.82) is 0 Å². The average molecular weight is 310 g/mol. The first kappa shape index (κ1) is 14.5. The van der Waals surface area contributed by atoms with Crippen LogP contribution in [0.15, 0.2) is 23.0 Å². The van der Waals surface area contributed by atoms with E-state index in [1.54, 1.807) is 4.68 Å². The second-order valence-corrected chi connectivity index (χ2v) is 5.21. The van der Waals surface area contributed by atoms with Gasteiger partial charge in [0.05, 0.1) is 23.2 Å². The molecule has 3 heterocycles. The zero-order chi connectivity index (χ0) is 16.1. The molecule has 6 nitrogen and oxygen atoms in total. The molecule has 0 amide bonds. The molecule has 0 bridgehead atoms. The number of nitrogen functional groups attached to an aromatic ring is 1. The molecule has 22 heavy (non-hydrogen) atoms. The minimum Gasteiger partial charge on any atom is -0.383 e. The van der Waals surface area contributed by atoms with E-state index in [0.29, 0.717) is 11.0 Å². The van der Waals surface area contributed by atoms with Gasteiger partial charge in [-0.25, -0.2) is 14.6 Å². The molecule has 1 aliphatic rings. The van der Waals surface area contributed by atoms with E-state index >= 15 is 0 Å². The van der Waals surface area contributed by atoms with Crippen molar-refractivity contribution in [3.8, 4) is 0 Å². The third-order valence-corrected chi connectivity index (χ3v) is 3.34. The van der Waals surface area contributed by atoms with Gasteiger partial charge >= 0.3 is 6.18 Å². The molecule has 116 valence electrons. The Kier molecular flexibility index (Phi) is 3.15. The van der Waals surface area contributed by atoms with Crippen molar-refractivity contribution < 1.29 is 13.2 Å². The molecule has 9 heteroatoms. The second-order valence-electron chi connectivity index (χ2n) is 5.21. The van der Waals surface area contributed by atoms with Crippen molar-refractivity contribution in [1.82, 2.24) is 19.7 Å². The van der Waals surface area contributed by atoms with Gasteiger partial charge in [-0.3, -0.25) is 4.99 Å². The van der Waals surface area contributed by atoms with Crippen molar-refractivity contribution >= 4 is 22.6 Å². The molecule has 0 atom stereocenters. The Hall–Kier alpha value is -2.45. The van der Waals surface area contributed by atoms with Crippen molar-refractivity contribution in [2.24, 2.45) is 4.99 Å². The maximum atomic E-state index is 12.8. The SMILES string of the molecule is CC(C)n1nc(C2=NCC(C(F)(F)F)=C2)c2c(N)ncnc21. The minimum absolute atomic E-state index is 0.0291. The van der Waals surface area contributed by atoms with Crippen molar-refractivity contribution in [3.05, 3.63) is 23.7 Å². The Labute approximate surface area is 123 Å². The molecule has 3 rings (SSSR count). The summed E-state index contributed by atoms with van der Waals surface area (Å²) in [5.74, 6) is 0.170. The Morgan fingerprint density at radius 2 is 2.00 bits per heavy atom. The number of allylic oxidation sites excluding steroid dienone is 1. The maximum Gasteiger partial charge on any atom is 0.414 e. The summed E-state index contributed by atoms with van der Waals surface area (Å²) in [6.45, 7) is 3.37. The monoisotopic (exact) mass is 310 g/mol. The van der Waals surface area contributed by atoms with Crippen LogP contribution in [0.25, 0.3) is 11.0 Å². The Morgan fingerprint density at radius 3 is 2.59 bits per heavy atom. The van der Waals surface area contributed by atoms with Gasteiger partial charge in [0, 0.05) is 6.04 Å². The van der Waals surface area contributed by atoms with E-state index < -0.39 is 18.3 Å². The number of anilines is 1. The molecule has 0 aliphatic carbocycles. The normalized spacial score (nSPS) is 15.5. The quantitative estimate of drug-likeness (QED) is 0.922. The van der Waals surface area contributed by atoms with Gasteiger partial charge in [-0.15, -0.1) is 0 Å². The van der Waals surface area contributed by atoms with Crippen LogP contribution in [0.2, 0.25) is 0 Å². The lowest BCUT2D eigenvalue weighted by atomic mass is 10.1. The third-order valence-electron chi connectivity index (χ3n) is 3.34. The van der Waals surface area contributed by atoms with Crippen LogP contribution in [0.1, 0.15) is 25.6 Å². The Bertz CT molecular complexity index is 800. The number of rotatable bonds is 2. The molecular formula is C13H13F3N6. The van der Waals surface area contributed by atoms with Gasteiger partial charge in [0.25, 0.3) is 0 Å². The minimum atomic E-state index is -4.40. The van der Waals surface area contributed by atoms with E-state index in [4.69, 9.17) is 5.73 Å². The van der Waals surface area contributed by atoms with Crippen LogP contribution < -0.4 is 5.73 Å². The summed E-state index contributed by atoms with van der Waals surface area (Å²) in [5.41, 5.74) is 6.06. The van der Waals surface area contributed by atoms with Gasteiger partial charge < -0.3 is 5.73 Å². The van der Waals surface area contributed by atoms with E-state index in [1.807, 2.05) is 13.8 Å². The van der Waals surface area contributed by atoms with Gasteiger partial charge in [0.1, 0.15) is 17.8 Å². The van der Waals surface area contributed by atoms with Gasteiger partial charge in [-0.05, 0) is 19.9 Å². The van der Waals surface area contributed by atoms with Crippen molar-refractivity contribution in [2.45, 2.75) is 26.1 Å². The van der Waals surface area contributed by atoms with Crippen LogP contribution >= 0.6 is 0 Å². The van der Waals surface area contributed by atoms with E-state index in [0.717, 1.165) is 6.08 Å². The summed E-state index contributed by atoms with van der Waals surface area (Å²) >= 11 is 0. The van der Waals surface area contributed by atoms with Crippen molar-refractivity contribution in [3.63, 3.8) is 0 Å². The fourth-order valence-corrected chi connectivity index (χ4v) is 2.28. The van der Waals surface area contributed by atoms with Gasteiger partial charge in [-0.1, -0.05) is 0 Å². The highest BCUT2D eigenvalue weighted by molar-refractivity contribution is 6.17. The smallest absolute Gasteiger partial charge is 0.383 e. The first-order valence-electron chi connectivity index (χ1n) is 6.60. The zero-order valence-corrected chi connectivity index (χ0v) is 11.9. The molecule has 0 radical (unpaired) electrons. The Morgan fingerprint density at radius 1 is 1.27 bits per heavy atom. The van der Waals surface area contributed by atoms with Crippen LogP contribution in [0.3, 0.4) is 0 Å². The summed E-state index contributed by atoms with van der Waals surface area (Å²) in [4.78, 5) is 12.0. The number of hydrogen-bond donors (Lipinski definition) is 1. The summed E-state index contributed by atoms with van der Waals surface area (Å²) < 4.78 is 39.9. The molecule has 0 saturated carbocycles. The van der Waals surface area contributed by atoms with Crippen LogP contribution in [-0.4, -0.2) is 38.2 Å². The lowest BCUT2D eigenvalue weighted by Gasteiger charge is -2.05. The molecule has 2 N–H and O–H groups in total. The average Bonchev–Trinajstić information content (AvgIpc) is 3.02. The zero-order valence-electron chi connectivity index (χ0n) is 11.9. The number of nitrogens with two attached hydrogens (primary N) is 1. The number of aromatic nitrogens is 4. The summed E-state index contributed by atoms with van der Waals surface area (Å²) in [5, 5.41) is 4.77. The molecule has 2 aromatic rings. The third kappa shape index (κ3) is 2.22. The summed E-state index contributed by atoms with van der Waals surface area (Å²) in [7, 11) is 0.